The highest BCUT2D eigenvalue weighted by molar-refractivity contribution is 7.88. The van der Waals surface area contributed by atoms with E-state index >= 15 is 4.39 Å². The molecular formula is C24H28F3N3O3S. The predicted octanol–water partition coefficient (Wildman–Crippen LogP) is 3.66. The molecule has 0 spiro atoms. The maximum Gasteiger partial charge on any atom is 0.219 e. The van der Waals surface area contributed by atoms with Gasteiger partial charge in [-0.1, -0.05) is 18.6 Å². The lowest BCUT2D eigenvalue weighted by atomic mass is 9.93. The Morgan fingerprint density at radius 2 is 1.62 bits per heavy atom. The number of benzene rings is 2. The van der Waals surface area contributed by atoms with Gasteiger partial charge in [-0.3, -0.25) is 4.79 Å². The zero-order valence-electron chi connectivity index (χ0n) is 19.0. The summed E-state index contributed by atoms with van der Waals surface area (Å²) in [7, 11) is -3.97. The molecule has 1 heterocycles. The van der Waals surface area contributed by atoms with Gasteiger partial charge >= 0.3 is 0 Å². The van der Waals surface area contributed by atoms with Crippen LogP contribution in [0, 0.1) is 17.5 Å². The normalized spacial score (nSPS) is 17.2. The Labute approximate surface area is 198 Å². The standard InChI is InChI=1S/C24H28F3N3O3S/c1-17(31)28-9-11-29(12-10-28)22-8-6-18(24(27)14-22)15-30(21-3-2-4-21)34(32,33)16-19-5-7-20(25)13-23(19)26/h5-8,13-14,21H,2-4,9-12,15-16H2,1H3. The summed E-state index contributed by atoms with van der Waals surface area (Å²) >= 11 is 0. The van der Waals surface area contributed by atoms with Crippen molar-refractivity contribution >= 4 is 21.6 Å². The van der Waals surface area contributed by atoms with Crippen LogP contribution in [0.1, 0.15) is 37.3 Å². The number of carbonyl (C=O) groups is 1. The third-order valence-corrected chi connectivity index (χ3v) is 8.46. The Balaban J connectivity index is 1.51. The first-order valence-electron chi connectivity index (χ1n) is 11.4. The fourth-order valence-corrected chi connectivity index (χ4v) is 6.15. The summed E-state index contributed by atoms with van der Waals surface area (Å²) in [5, 5.41) is 0. The number of anilines is 1. The third kappa shape index (κ3) is 5.38. The molecule has 0 aromatic heterocycles. The van der Waals surface area contributed by atoms with Crippen molar-refractivity contribution in [3.8, 4) is 0 Å². The molecule has 4 rings (SSSR count). The number of halogens is 3. The Kier molecular flexibility index (Phi) is 7.18. The molecule has 2 aromatic rings. The average Bonchev–Trinajstić information content (AvgIpc) is 2.75. The lowest BCUT2D eigenvalue weighted by Crippen LogP contribution is -2.48. The number of rotatable bonds is 7. The van der Waals surface area contributed by atoms with E-state index in [2.05, 4.69) is 0 Å². The molecule has 0 N–H and O–H groups in total. The summed E-state index contributed by atoms with van der Waals surface area (Å²) in [5.41, 5.74) is 0.795. The van der Waals surface area contributed by atoms with E-state index in [9.17, 15) is 22.0 Å². The Morgan fingerprint density at radius 1 is 0.971 bits per heavy atom. The molecule has 184 valence electrons. The predicted molar refractivity (Wildman–Crippen MR) is 123 cm³/mol. The summed E-state index contributed by atoms with van der Waals surface area (Å²) in [5.74, 6) is -2.81. The van der Waals surface area contributed by atoms with Crippen LogP contribution in [0.3, 0.4) is 0 Å². The van der Waals surface area contributed by atoms with Crippen LogP contribution < -0.4 is 4.90 Å². The Hall–Kier alpha value is -2.59. The molecule has 10 heteroatoms. The van der Waals surface area contributed by atoms with Crippen molar-refractivity contribution in [2.24, 2.45) is 0 Å². The number of sulfonamides is 1. The monoisotopic (exact) mass is 495 g/mol. The van der Waals surface area contributed by atoms with Gasteiger partial charge in [-0.05, 0) is 31.0 Å². The molecule has 1 amide bonds. The molecule has 0 bridgehead atoms. The molecule has 1 aliphatic carbocycles. The molecule has 2 fully saturated rings. The summed E-state index contributed by atoms with van der Waals surface area (Å²) in [6.07, 6.45) is 2.19. The third-order valence-electron chi connectivity index (χ3n) is 6.65. The topological polar surface area (TPSA) is 60.9 Å². The van der Waals surface area contributed by atoms with Crippen LogP contribution in [0.15, 0.2) is 36.4 Å². The van der Waals surface area contributed by atoms with Gasteiger partial charge in [-0.25, -0.2) is 21.6 Å². The lowest BCUT2D eigenvalue weighted by Gasteiger charge is -2.37. The van der Waals surface area contributed by atoms with Crippen LogP contribution in [0.4, 0.5) is 18.9 Å². The van der Waals surface area contributed by atoms with Crippen LogP contribution in [-0.4, -0.2) is 55.8 Å². The maximum atomic E-state index is 15.1. The van der Waals surface area contributed by atoms with E-state index in [1.165, 1.54) is 17.3 Å². The van der Waals surface area contributed by atoms with Gasteiger partial charge in [0.25, 0.3) is 0 Å². The van der Waals surface area contributed by atoms with Gasteiger partial charge in [0.05, 0.1) is 5.75 Å². The highest BCUT2D eigenvalue weighted by atomic mass is 32.2. The average molecular weight is 496 g/mol. The summed E-state index contributed by atoms with van der Waals surface area (Å²) in [4.78, 5) is 15.2. The van der Waals surface area contributed by atoms with Gasteiger partial charge in [0.2, 0.25) is 15.9 Å². The second-order valence-corrected chi connectivity index (χ2v) is 10.8. The van der Waals surface area contributed by atoms with Gasteiger partial charge in [0.1, 0.15) is 17.5 Å². The van der Waals surface area contributed by atoms with Crippen molar-refractivity contribution in [1.29, 1.82) is 0 Å². The summed E-state index contributed by atoms with van der Waals surface area (Å²) in [6.45, 7) is 3.67. The Morgan fingerprint density at radius 3 is 2.18 bits per heavy atom. The van der Waals surface area contributed by atoms with Gasteiger partial charge in [-0.15, -0.1) is 0 Å². The maximum absolute atomic E-state index is 15.1. The van der Waals surface area contributed by atoms with E-state index < -0.39 is 33.2 Å². The molecule has 2 aromatic carbocycles. The van der Waals surface area contributed by atoms with Gasteiger partial charge in [0, 0.05) is 68.6 Å². The number of nitrogens with zero attached hydrogens (tertiary/aromatic N) is 3. The van der Waals surface area contributed by atoms with Gasteiger partial charge < -0.3 is 9.80 Å². The lowest BCUT2D eigenvalue weighted by molar-refractivity contribution is -0.129. The minimum atomic E-state index is -3.97. The van der Waals surface area contributed by atoms with E-state index in [-0.39, 0.29) is 29.6 Å². The fraction of sp³-hybridized carbons (Fsp3) is 0.458. The number of amides is 1. The van der Waals surface area contributed by atoms with E-state index in [0.717, 1.165) is 18.6 Å². The zero-order chi connectivity index (χ0) is 24.5. The molecule has 1 saturated heterocycles. The van der Waals surface area contributed by atoms with E-state index in [0.29, 0.717) is 50.8 Å². The molecular weight excluding hydrogens is 467 g/mol. The highest BCUT2D eigenvalue weighted by Gasteiger charge is 2.35. The molecule has 0 atom stereocenters. The van der Waals surface area contributed by atoms with Crippen molar-refractivity contribution in [2.75, 3.05) is 31.1 Å². The summed E-state index contributed by atoms with van der Waals surface area (Å²) in [6, 6.07) is 7.28. The zero-order valence-corrected chi connectivity index (χ0v) is 19.8. The van der Waals surface area contributed by atoms with Crippen molar-refractivity contribution in [3.05, 3.63) is 65.0 Å². The fourth-order valence-electron chi connectivity index (χ4n) is 4.36. The highest BCUT2D eigenvalue weighted by Crippen LogP contribution is 2.31. The first kappa shape index (κ1) is 24.5. The van der Waals surface area contributed by atoms with Crippen LogP contribution in [0.2, 0.25) is 0 Å². The largest absolute Gasteiger partial charge is 0.368 e. The quantitative estimate of drug-likeness (QED) is 0.588. The second kappa shape index (κ2) is 9.95. The summed E-state index contributed by atoms with van der Waals surface area (Å²) < 4.78 is 70.0. The number of carbonyl (C=O) groups excluding carboxylic acids is 1. The smallest absolute Gasteiger partial charge is 0.219 e. The van der Waals surface area contributed by atoms with Crippen molar-refractivity contribution in [1.82, 2.24) is 9.21 Å². The number of hydrogen-bond donors (Lipinski definition) is 0. The first-order chi connectivity index (χ1) is 16.1. The van der Waals surface area contributed by atoms with Gasteiger partial charge in [0.15, 0.2) is 0 Å². The number of hydrogen-bond acceptors (Lipinski definition) is 4. The number of piperazine rings is 1. The molecule has 0 unspecified atom stereocenters. The van der Waals surface area contributed by atoms with Crippen LogP contribution in [-0.2, 0) is 27.1 Å². The first-order valence-corrected chi connectivity index (χ1v) is 13.0. The van der Waals surface area contributed by atoms with Crippen molar-refractivity contribution in [2.45, 2.75) is 44.5 Å². The van der Waals surface area contributed by atoms with Crippen LogP contribution in [0.25, 0.3) is 0 Å². The molecule has 0 radical (unpaired) electrons. The molecule has 34 heavy (non-hydrogen) atoms. The second-order valence-electron chi connectivity index (χ2n) is 8.89. The molecule has 6 nitrogen and oxygen atoms in total. The minimum Gasteiger partial charge on any atom is -0.368 e. The van der Waals surface area contributed by atoms with Crippen LogP contribution >= 0.6 is 0 Å². The molecule has 1 saturated carbocycles. The van der Waals surface area contributed by atoms with E-state index in [1.54, 1.807) is 17.0 Å². The molecule has 1 aliphatic heterocycles. The van der Waals surface area contributed by atoms with Crippen molar-refractivity contribution < 1.29 is 26.4 Å². The molecule has 2 aliphatic rings. The van der Waals surface area contributed by atoms with Crippen LogP contribution in [0.5, 0.6) is 0 Å². The van der Waals surface area contributed by atoms with E-state index in [1.807, 2.05) is 4.90 Å². The SMILES string of the molecule is CC(=O)N1CCN(c2ccc(CN(C3CCC3)S(=O)(=O)Cc3ccc(F)cc3F)c(F)c2)CC1. The van der Waals surface area contributed by atoms with Gasteiger partial charge in [-0.2, -0.15) is 4.31 Å². The minimum absolute atomic E-state index is 0.0130. The van der Waals surface area contributed by atoms with Crippen molar-refractivity contribution in [3.63, 3.8) is 0 Å². The Bertz CT molecular complexity index is 1160. The van der Waals surface area contributed by atoms with E-state index in [4.69, 9.17) is 0 Å².